The molecule has 1 fully saturated rings. The van der Waals surface area contributed by atoms with Crippen molar-refractivity contribution in [3.05, 3.63) is 178 Å². The van der Waals surface area contributed by atoms with Crippen molar-refractivity contribution in [3.8, 4) is 22.5 Å². The monoisotopic (exact) mass is 568 g/mol. The van der Waals surface area contributed by atoms with Gasteiger partial charge in [0.2, 0.25) is 0 Å². The maximum Gasteiger partial charge on any atom is 0.105 e. The Bertz CT molecular complexity index is 1870. The minimum absolute atomic E-state index is 0.0118. The molecular weight excluding hydrogens is 532 g/mol. The van der Waals surface area contributed by atoms with Crippen LogP contribution in [0.25, 0.3) is 22.5 Å². The second kappa shape index (κ2) is 10.4. The molecular formula is C42H36N2. The van der Waals surface area contributed by atoms with Crippen LogP contribution in [0.4, 0.5) is 0 Å². The Labute approximate surface area is 260 Å². The van der Waals surface area contributed by atoms with Crippen LogP contribution < -0.4 is 0 Å². The highest BCUT2D eigenvalue weighted by Crippen LogP contribution is 2.59. The van der Waals surface area contributed by atoms with E-state index in [1.807, 2.05) is 0 Å². The molecule has 2 aliphatic carbocycles. The molecule has 214 valence electrons. The van der Waals surface area contributed by atoms with Crippen molar-refractivity contribution in [1.82, 2.24) is 9.97 Å². The fraction of sp³-hybridized carbons (Fsp3) is 0.190. The molecule has 0 radical (unpaired) electrons. The molecule has 1 spiro atoms. The van der Waals surface area contributed by atoms with Gasteiger partial charge in [0, 0.05) is 16.5 Å². The maximum atomic E-state index is 5.57. The van der Waals surface area contributed by atoms with Gasteiger partial charge in [-0.3, -0.25) is 9.97 Å². The van der Waals surface area contributed by atoms with Gasteiger partial charge in [0.25, 0.3) is 0 Å². The molecule has 2 nitrogen and oxygen atoms in total. The Morgan fingerprint density at radius 3 is 1.30 bits per heavy atom. The number of nitrogens with zero attached hydrogens (tertiary/aromatic N) is 2. The highest BCUT2D eigenvalue weighted by Gasteiger charge is 2.54. The van der Waals surface area contributed by atoms with Crippen LogP contribution in [0.3, 0.4) is 0 Å². The molecule has 6 aromatic rings. The summed E-state index contributed by atoms with van der Waals surface area (Å²) in [6.45, 7) is 4.34. The van der Waals surface area contributed by atoms with Gasteiger partial charge < -0.3 is 0 Å². The van der Waals surface area contributed by atoms with Crippen molar-refractivity contribution in [2.75, 3.05) is 0 Å². The van der Waals surface area contributed by atoms with E-state index >= 15 is 0 Å². The van der Waals surface area contributed by atoms with Crippen LogP contribution in [0.1, 0.15) is 70.5 Å². The van der Waals surface area contributed by atoms with E-state index in [0.717, 1.165) is 33.9 Å². The smallest absolute Gasteiger partial charge is 0.105 e. The first-order valence-electron chi connectivity index (χ1n) is 15.9. The van der Waals surface area contributed by atoms with Crippen molar-refractivity contribution >= 4 is 0 Å². The Hall–Kier alpha value is -4.82. The normalized spacial score (nSPS) is 16.0. The van der Waals surface area contributed by atoms with Crippen molar-refractivity contribution < 1.29 is 0 Å². The number of hydrogen-bond acceptors (Lipinski definition) is 2. The zero-order valence-corrected chi connectivity index (χ0v) is 25.4. The first-order valence-corrected chi connectivity index (χ1v) is 15.9. The minimum Gasteiger partial charge on any atom is -0.251 e. The summed E-state index contributed by atoms with van der Waals surface area (Å²) in [6.07, 6.45) is 4.84. The van der Waals surface area contributed by atoms with Crippen LogP contribution in [0.15, 0.2) is 133 Å². The van der Waals surface area contributed by atoms with Crippen LogP contribution in [0.2, 0.25) is 0 Å². The standard InChI is InChI=1S/C42H36N2/c1-29-15-3-5-17-31(29)37-23-13-25-39(43-37)42(40-26-14-24-38(44-40)32-18-6-4-16-30(32)2)35-21-9-7-19-33(35)41(27-11-12-28-41)34-20-8-10-22-36(34)42/h3-10,13-26H,11-12,27-28H2,1-2H3. The van der Waals surface area contributed by atoms with Gasteiger partial charge in [0.15, 0.2) is 0 Å². The predicted molar refractivity (Wildman–Crippen MR) is 180 cm³/mol. The van der Waals surface area contributed by atoms with Crippen LogP contribution in [-0.2, 0) is 10.8 Å². The van der Waals surface area contributed by atoms with E-state index in [9.17, 15) is 0 Å². The lowest BCUT2D eigenvalue weighted by Gasteiger charge is -2.48. The molecule has 8 rings (SSSR count). The van der Waals surface area contributed by atoms with E-state index in [0.29, 0.717) is 0 Å². The van der Waals surface area contributed by atoms with Crippen LogP contribution >= 0.6 is 0 Å². The third-order valence-electron chi connectivity index (χ3n) is 10.3. The molecule has 2 heteroatoms. The second-order valence-corrected chi connectivity index (χ2v) is 12.6. The summed E-state index contributed by atoms with van der Waals surface area (Å²) in [6, 6.07) is 48.6. The van der Waals surface area contributed by atoms with Crippen LogP contribution in [-0.4, -0.2) is 9.97 Å². The largest absolute Gasteiger partial charge is 0.251 e. The van der Waals surface area contributed by atoms with Gasteiger partial charge in [0.1, 0.15) is 5.41 Å². The maximum absolute atomic E-state index is 5.57. The van der Waals surface area contributed by atoms with Gasteiger partial charge in [0.05, 0.1) is 22.8 Å². The summed E-state index contributed by atoms with van der Waals surface area (Å²) in [5, 5.41) is 0. The van der Waals surface area contributed by atoms with Gasteiger partial charge in [-0.2, -0.15) is 0 Å². The van der Waals surface area contributed by atoms with E-state index in [2.05, 4.69) is 147 Å². The molecule has 0 amide bonds. The van der Waals surface area contributed by atoms with Crippen molar-refractivity contribution in [2.45, 2.75) is 50.4 Å². The van der Waals surface area contributed by atoms with Gasteiger partial charge in [-0.25, -0.2) is 0 Å². The van der Waals surface area contributed by atoms with Gasteiger partial charge in [-0.05, 0) is 84.3 Å². The molecule has 0 saturated heterocycles. The highest BCUT2D eigenvalue weighted by atomic mass is 14.8. The van der Waals surface area contributed by atoms with Crippen LogP contribution in [0.5, 0.6) is 0 Å². The Balaban J connectivity index is 1.49. The van der Waals surface area contributed by atoms with E-state index < -0.39 is 5.41 Å². The summed E-state index contributed by atoms with van der Waals surface area (Å²) in [5.41, 5.74) is 13.6. The highest BCUT2D eigenvalue weighted by molar-refractivity contribution is 5.72. The average Bonchev–Trinajstić information content (AvgIpc) is 3.57. The predicted octanol–water partition coefficient (Wildman–Crippen LogP) is 9.98. The zero-order chi connectivity index (χ0) is 29.7. The lowest BCUT2D eigenvalue weighted by Crippen LogP contribution is -2.44. The zero-order valence-electron chi connectivity index (χ0n) is 25.4. The molecule has 2 aromatic heterocycles. The number of pyridine rings is 2. The molecule has 0 bridgehead atoms. The number of fused-ring (bicyclic) bond motifs is 4. The lowest BCUT2D eigenvalue weighted by molar-refractivity contribution is 0.481. The second-order valence-electron chi connectivity index (χ2n) is 12.6. The summed E-state index contributed by atoms with van der Waals surface area (Å²) in [4.78, 5) is 11.1. The molecule has 0 N–H and O–H groups in total. The number of hydrogen-bond donors (Lipinski definition) is 0. The van der Waals surface area contributed by atoms with Gasteiger partial charge in [-0.15, -0.1) is 0 Å². The quantitative estimate of drug-likeness (QED) is 0.211. The molecule has 0 atom stereocenters. The van der Waals surface area contributed by atoms with Gasteiger partial charge in [-0.1, -0.05) is 122 Å². The summed E-state index contributed by atoms with van der Waals surface area (Å²) >= 11 is 0. The first kappa shape index (κ1) is 26.8. The van der Waals surface area contributed by atoms with Crippen LogP contribution in [0, 0.1) is 13.8 Å². The molecule has 0 unspecified atom stereocenters. The minimum atomic E-state index is -0.682. The number of rotatable bonds is 4. The number of aryl methyl sites for hydroxylation is 2. The van der Waals surface area contributed by atoms with E-state index in [4.69, 9.17) is 9.97 Å². The summed E-state index contributed by atoms with van der Waals surface area (Å²) in [5.74, 6) is 0. The summed E-state index contributed by atoms with van der Waals surface area (Å²) < 4.78 is 0. The van der Waals surface area contributed by atoms with Gasteiger partial charge >= 0.3 is 0 Å². The Kier molecular flexibility index (Phi) is 6.34. The molecule has 44 heavy (non-hydrogen) atoms. The molecule has 2 heterocycles. The topological polar surface area (TPSA) is 25.8 Å². The van der Waals surface area contributed by atoms with E-state index in [1.54, 1.807) is 0 Å². The van der Waals surface area contributed by atoms with E-state index in [1.165, 1.54) is 59.1 Å². The lowest BCUT2D eigenvalue weighted by atomic mass is 9.54. The van der Waals surface area contributed by atoms with E-state index in [-0.39, 0.29) is 5.41 Å². The Morgan fingerprint density at radius 2 is 0.841 bits per heavy atom. The van der Waals surface area contributed by atoms with Crippen molar-refractivity contribution in [3.63, 3.8) is 0 Å². The molecule has 1 saturated carbocycles. The molecule has 2 aliphatic rings. The fourth-order valence-electron chi connectivity index (χ4n) is 8.25. The fourth-order valence-corrected chi connectivity index (χ4v) is 8.25. The third kappa shape index (κ3) is 3.87. The van der Waals surface area contributed by atoms with Crippen molar-refractivity contribution in [2.24, 2.45) is 0 Å². The number of benzene rings is 4. The third-order valence-corrected chi connectivity index (χ3v) is 10.3. The van der Waals surface area contributed by atoms with Crippen molar-refractivity contribution in [1.29, 1.82) is 0 Å². The Morgan fingerprint density at radius 1 is 0.432 bits per heavy atom. The summed E-state index contributed by atoms with van der Waals surface area (Å²) in [7, 11) is 0. The number of aromatic nitrogens is 2. The first-order chi connectivity index (χ1) is 21.6. The molecule has 0 aliphatic heterocycles. The molecule has 4 aromatic carbocycles. The average molecular weight is 569 g/mol. The SMILES string of the molecule is Cc1ccccc1-c1cccc(C2(c3cccc(-c4ccccc4C)n3)c3ccccc3C3(CCCC3)c3ccccc32)n1.